The third-order valence-electron chi connectivity index (χ3n) is 5.19. The Bertz CT molecular complexity index is 1040. The first-order chi connectivity index (χ1) is 13.1. The lowest BCUT2D eigenvalue weighted by atomic mass is 10.0. The molecular weight excluding hydrogens is 334 g/mol. The van der Waals surface area contributed by atoms with E-state index in [-0.39, 0.29) is 11.9 Å². The second-order valence-corrected chi connectivity index (χ2v) is 7.38. The molecule has 1 aliphatic heterocycles. The van der Waals surface area contributed by atoms with E-state index >= 15 is 0 Å². The SMILES string of the molecule is Cc1nnc(-c2cccc(C(=O)N3CC=C[C@H]3C(C)C)c2)c2ccccc12. The number of hydrogen-bond donors (Lipinski definition) is 0. The summed E-state index contributed by atoms with van der Waals surface area (Å²) in [7, 11) is 0. The van der Waals surface area contributed by atoms with Crippen LogP contribution in [0.1, 0.15) is 29.9 Å². The quantitative estimate of drug-likeness (QED) is 0.642. The van der Waals surface area contributed by atoms with Crippen LogP contribution in [0.5, 0.6) is 0 Å². The standard InChI is InChI=1S/C23H23N3O/c1-15(2)21-12-7-13-26(21)23(27)18-9-6-8-17(14-18)22-20-11-5-4-10-19(20)16(3)24-25-22/h4-12,14-15,21H,13H2,1-3H3/t21-/m0/s1. The highest BCUT2D eigenvalue weighted by Crippen LogP contribution is 2.29. The van der Waals surface area contributed by atoms with E-state index in [1.54, 1.807) is 0 Å². The number of carbonyl (C=O) groups excluding carboxylic acids is 1. The molecule has 1 amide bonds. The molecule has 136 valence electrons. The molecule has 27 heavy (non-hydrogen) atoms. The third-order valence-corrected chi connectivity index (χ3v) is 5.19. The average molecular weight is 357 g/mol. The molecule has 0 bridgehead atoms. The van der Waals surface area contributed by atoms with Gasteiger partial charge in [0.1, 0.15) is 5.69 Å². The topological polar surface area (TPSA) is 46.1 Å². The molecule has 4 rings (SSSR count). The second kappa shape index (κ2) is 6.95. The summed E-state index contributed by atoms with van der Waals surface area (Å²) >= 11 is 0. The summed E-state index contributed by atoms with van der Waals surface area (Å²) in [6.07, 6.45) is 4.21. The molecule has 4 nitrogen and oxygen atoms in total. The summed E-state index contributed by atoms with van der Waals surface area (Å²) in [5, 5.41) is 10.9. The molecule has 2 aromatic carbocycles. The summed E-state index contributed by atoms with van der Waals surface area (Å²) in [6.45, 7) is 6.92. The highest BCUT2D eigenvalue weighted by atomic mass is 16.2. The van der Waals surface area contributed by atoms with Crippen molar-refractivity contribution in [1.82, 2.24) is 15.1 Å². The van der Waals surface area contributed by atoms with E-state index in [4.69, 9.17) is 0 Å². The molecule has 0 unspecified atom stereocenters. The summed E-state index contributed by atoms with van der Waals surface area (Å²) in [6, 6.07) is 16.0. The van der Waals surface area contributed by atoms with E-state index in [0.29, 0.717) is 18.0 Å². The number of fused-ring (bicyclic) bond motifs is 1. The fraction of sp³-hybridized carbons (Fsp3) is 0.261. The minimum absolute atomic E-state index is 0.0601. The van der Waals surface area contributed by atoms with Crippen molar-refractivity contribution < 1.29 is 4.79 Å². The molecule has 2 heterocycles. The summed E-state index contributed by atoms with van der Waals surface area (Å²) in [5.41, 5.74) is 3.32. The molecule has 0 N–H and O–H groups in total. The third kappa shape index (κ3) is 3.12. The van der Waals surface area contributed by atoms with Gasteiger partial charge in [-0.1, -0.05) is 62.4 Å². The monoisotopic (exact) mass is 357 g/mol. The van der Waals surface area contributed by atoms with Gasteiger partial charge in [-0.2, -0.15) is 5.10 Å². The molecule has 0 saturated carbocycles. The van der Waals surface area contributed by atoms with E-state index in [1.807, 2.05) is 48.2 Å². The van der Waals surface area contributed by atoms with Crippen molar-refractivity contribution in [3.05, 3.63) is 71.9 Å². The first-order valence-electron chi connectivity index (χ1n) is 9.36. The van der Waals surface area contributed by atoms with Gasteiger partial charge in [-0.3, -0.25) is 4.79 Å². The Morgan fingerprint density at radius 2 is 1.85 bits per heavy atom. The molecule has 0 spiro atoms. The van der Waals surface area contributed by atoms with Gasteiger partial charge in [0.15, 0.2) is 0 Å². The van der Waals surface area contributed by atoms with Gasteiger partial charge in [0.2, 0.25) is 0 Å². The summed E-state index contributed by atoms with van der Waals surface area (Å²) in [4.78, 5) is 15.0. The fourth-order valence-electron chi connectivity index (χ4n) is 3.76. The van der Waals surface area contributed by atoms with E-state index in [9.17, 15) is 4.79 Å². The lowest BCUT2D eigenvalue weighted by molar-refractivity contribution is 0.0720. The van der Waals surface area contributed by atoms with Crippen LogP contribution in [0.2, 0.25) is 0 Å². The van der Waals surface area contributed by atoms with Crippen molar-refractivity contribution in [3.8, 4) is 11.3 Å². The van der Waals surface area contributed by atoms with Crippen molar-refractivity contribution in [2.45, 2.75) is 26.8 Å². The molecule has 4 heteroatoms. The molecule has 0 fully saturated rings. The summed E-state index contributed by atoms with van der Waals surface area (Å²) < 4.78 is 0. The highest BCUT2D eigenvalue weighted by molar-refractivity contribution is 5.99. The van der Waals surface area contributed by atoms with Gasteiger partial charge in [-0.25, -0.2) is 0 Å². The normalized spacial score (nSPS) is 16.4. The Morgan fingerprint density at radius 3 is 2.63 bits per heavy atom. The van der Waals surface area contributed by atoms with Gasteiger partial charge in [0.25, 0.3) is 5.91 Å². The molecule has 1 atom stereocenters. The first kappa shape index (κ1) is 17.4. The zero-order valence-electron chi connectivity index (χ0n) is 15.9. The van der Waals surface area contributed by atoms with Crippen LogP contribution in [0.25, 0.3) is 22.0 Å². The summed E-state index contributed by atoms with van der Waals surface area (Å²) in [5.74, 6) is 0.452. The van der Waals surface area contributed by atoms with Crippen LogP contribution in [-0.4, -0.2) is 33.6 Å². The number of benzene rings is 2. The molecule has 1 aromatic heterocycles. The van der Waals surface area contributed by atoms with E-state index in [1.165, 1.54) is 0 Å². The number of aryl methyl sites for hydroxylation is 1. The van der Waals surface area contributed by atoms with Crippen molar-refractivity contribution in [2.75, 3.05) is 6.54 Å². The van der Waals surface area contributed by atoms with Crippen LogP contribution in [0, 0.1) is 12.8 Å². The Balaban J connectivity index is 1.74. The van der Waals surface area contributed by atoms with Crippen LogP contribution in [0.4, 0.5) is 0 Å². The van der Waals surface area contributed by atoms with Gasteiger partial charge in [-0.05, 0) is 25.0 Å². The smallest absolute Gasteiger partial charge is 0.254 e. The Labute approximate surface area is 159 Å². The zero-order chi connectivity index (χ0) is 19.0. The van der Waals surface area contributed by atoms with Gasteiger partial charge >= 0.3 is 0 Å². The molecule has 0 radical (unpaired) electrons. The van der Waals surface area contributed by atoms with Crippen LogP contribution < -0.4 is 0 Å². The molecule has 0 saturated heterocycles. The van der Waals surface area contributed by atoms with Crippen LogP contribution in [-0.2, 0) is 0 Å². The largest absolute Gasteiger partial charge is 0.328 e. The first-order valence-corrected chi connectivity index (χ1v) is 9.36. The van der Waals surface area contributed by atoms with Crippen LogP contribution >= 0.6 is 0 Å². The van der Waals surface area contributed by atoms with Gasteiger partial charge in [0.05, 0.1) is 11.7 Å². The van der Waals surface area contributed by atoms with Gasteiger partial charge < -0.3 is 4.90 Å². The Kier molecular flexibility index (Phi) is 4.48. The van der Waals surface area contributed by atoms with E-state index in [0.717, 1.165) is 27.7 Å². The van der Waals surface area contributed by atoms with Crippen molar-refractivity contribution >= 4 is 16.7 Å². The Hall–Kier alpha value is -3.01. The van der Waals surface area contributed by atoms with Gasteiger partial charge in [0, 0.05) is 28.4 Å². The molecule has 0 aliphatic carbocycles. The van der Waals surface area contributed by atoms with E-state index in [2.05, 4.69) is 48.3 Å². The number of carbonyl (C=O) groups is 1. The number of rotatable bonds is 3. The minimum atomic E-state index is 0.0601. The maximum absolute atomic E-state index is 13.1. The predicted octanol–water partition coefficient (Wildman–Crippen LogP) is 4.64. The van der Waals surface area contributed by atoms with Crippen molar-refractivity contribution in [1.29, 1.82) is 0 Å². The molecular formula is C23H23N3O. The fourth-order valence-corrected chi connectivity index (χ4v) is 3.76. The maximum atomic E-state index is 13.1. The van der Waals surface area contributed by atoms with Crippen molar-refractivity contribution in [2.24, 2.45) is 5.92 Å². The van der Waals surface area contributed by atoms with Crippen LogP contribution in [0.3, 0.4) is 0 Å². The minimum Gasteiger partial charge on any atom is -0.328 e. The number of aromatic nitrogens is 2. The number of nitrogens with zero attached hydrogens (tertiary/aromatic N) is 3. The van der Waals surface area contributed by atoms with E-state index < -0.39 is 0 Å². The van der Waals surface area contributed by atoms with Crippen LogP contribution in [0.15, 0.2) is 60.7 Å². The lowest BCUT2D eigenvalue weighted by Gasteiger charge is -2.27. The number of amides is 1. The average Bonchev–Trinajstić information content (AvgIpc) is 3.18. The molecule has 3 aromatic rings. The molecule has 1 aliphatic rings. The zero-order valence-corrected chi connectivity index (χ0v) is 15.9. The Morgan fingerprint density at radius 1 is 1.07 bits per heavy atom. The lowest BCUT2D eigenvalue weighted by Crippen LogP contribution is -2.39. The maximum Gasteiger partial charge on any atom is 0.254 e. The predicted molar refractivity (Wildman–Crippen MR) is 109 cm³/mol. The highest BCUT2D eigenvalue weighted by Gasteiger charge is 2.28. The second-order valence-electron chi connectivity index (χ2n) is 7.38. The van der Waals surface area contributed by atoms with Gasteiger partial charge in [-0.15, -0.1) is 5.10 Å². The van der Waals surface area contributed by atoms with Crippen molar-refractivity contribution in [3.63, 3.8) is 0 Å². The number of hydrogen-bond acceptors (Lipinski definition) is 3.